The number of thiophene rings is 1. The fourth-order valence-electron chi connectivity index (χ4n) is 10.2. The summed E-state index contributed by atoms with van der Waals surface area (Å²) in [6.45, 7) is 0. The SMILES string of the molecule is c1ccc(-c2nc(-c3cccc4cc5sc6ccccc6c5cc34)nc(-n3c4ccccc4c4c5c(ccc43)-c3ccccc3C5(c3ccccc3)c3ccccc3)n2)cc1. The highest BCUT2D eigenvalue weighted by atomic mass is 32.1. The number of benzene rings is 9. The molecule has 1 aliphatic rings. The van der Waals surface area contributed by atoms with Gasteiger partial charge in [-0.25, -0.2) is 4.98 Å². The van der Waals surface area contributed by atoms with Gasteiger partial charge in [0.15, 0.2) is 11.6 Å². The Labute approximate surface area is 355 Å². The molecule has 0 saturated carbocycles. The van der Waals surface area contributed by atoms with Crippen molar-refractivity contribution in [1.29, 1.82) is 0 Å². The van der Waals surface area contributed by atoms with E-state index in [4.69, 9.17) is 15.0 Å². The highest BCUT2D eigenvalue weighted by Crippen LogP contribution is 2.59. The third kappa shape index (κ3) is 4.90. The Hall–Kier alpha value is -7.73. The molecule has 0 atom stereocenters. The fraction of sp³-hybridized carbons (Fsp3) is 0.0179. The lowest BCUT2D eigenvalue weighted by Crippen LogP contribution is -2.28. The summed E-state index contributed by atoms with van der Waals surface area (Å²) in [7, 11) is 0. The average molecular weight is 795 g/mol. The van der Waals surface area contributed by atoms with Gasteiger partial charge in [0.2, 0.25) is 5.95 Å². The van der Waals surface area contributed by atoms with Crippen LogP contribution in [0, 0.1) is 0 Å². The van der Waals surface area contributed by atoms with Gasteiger partial charge in [-0.1, -0.05) is 176 Å². The molecule has 1 aliphatic carbocycles. The molecule has 0 N–H and O–H groups in total. The first-order valence-electron chi connectivity index (χ1n) is 20.7. The lowest BCUT2D eigenvalue weighted by atomic mass is 9.67. The maximum absolute atomic E-state index is 5.48. The van der Waals surface area contributed by atoms with Gasteiger partial charge in [0, 0.05) is 42.1 Å². The van der Waals surface area contributed by atoms with Crippen molar-refractivity contribution in [2.75, 3.05) is 0 Å². The second-order valence-electron chi connectivity index (χ2n) is 15.9. The van der Waals surface area contributed by atoms with Crippen molar-refractivity contribution in [1.82, 2.24) is 19.5 Å². The van der Waals surface area contributed by atoms with Crippen LogP contribution < -0.4 is 0 Å². The molecule has 9 aromatic carbocycles. The molecule has 0 bridgehead atoms. The predicted octanol–water partition coefficient (Wildman–Crippen LogP) is 14.2. The summed E-state index contributed by atoms with van der Waals surface area (Å²) in [6.07, 6.45) is 0. The van der Waals surface area contributed by atoms with E-state index in [-0.39, 0.29) is 0 Å². The van der Waals surface area contributed by atoms with Crippen molar-refractivity contribution in [3.05, 3.63) is 229 Å². The summed E-state index contributed by atoms with van der Waals surface area (Å²) in [5.41, 5.74) is 10.9. The van der Waals surface area contributed by atoms with Crippen molar-refractivity contribution in [2.45, 2.75) is 5.41 Å². The van der Waals surface area contributed by atoms with Crippen LogP contribution >= 0.6 is 11.3 Å². The maximum atomic E-state index is 5.48. The Bertz CT molecular complexity index is 3660. The van der Waals surface area contributed by atoms with Crippen LogP contribution in [0.3, 0.4) is 0 Å². The zero-order chi connectivity index (χ0) is 40.1. The number of hydrogen-bond acceptors (Lipinski definition) is 4. The Morgan fingerprint density at radius 2 is 1.07 bits per heavy atom. The molecule has 3 heterocycles. The molecule has 13 rings (SSSR count). The summed E-state index contributed by atoms with van der Waals surface area (Å²) in [5, 5.41) is 7.13. The predicted molar refractivity (Wildman–Crippen MR) is 253 cm³/mol. The summed E-state index contributed by atoms with van der Waals surface area (Å²) < 4.78 is 4.82. The van der Waals surface area contributed by atoms with E-state index in [1.165, 1.54) is 58.9 Å². The standard InChI is InChI=1S/C56H34N4S/c1-4-17-35(18-5-1)53-57-54(42-27-16-19-36-33-50-45(34-44(36)42)40-25-12-15-30-49(40)61-50)59-55(58-53)60-47-29-14-11-26-43(47)51-48(60)32-31-41-39-24-10-13-28-46(39)56(52(41)51,37-20-6-2-7-21-37)38-22-8-3-9-23-38/h1-34H. The van der Waals surface area contributed by atoms with E-state index in [2.05, 4.69) is 193 Å². The van der Waals surface area contributed by atoms with E-state index < -0.39 is 5.41 Å². The number of hydrogen-bond donors (Lipinski definition) is 0. The first kappa shape index (κ1) is 34.2. The number of para-hydroxylation sites is 1. The molecule has 284 valence electrons. The lowest BCUT2D eigenvalue weighted by Gasteiger charge is -2.34. The first-order valence-corrected chi connectivity index (χ1v) is 21.5. The van der Waals surface area contributed by atoms with Crippen LogP contribution in [0.1, 0.15) is 22.3 Å². The molecule has 12 aromatic rings. The third-order valence-electron chi connectivity index (χ3n) is 12.7. The Kier molecular flexibility index (Phi) is 7.36. The molecular weight excluding hydrogens is 761 g/mol. The van der Waals surface area contributed by atoms with Gasteiger partial charge in [-0.2, -0.15) is 9.97 Å². The molecule has 0 aliphatic heterocycles. The zero-order valence-corrected chi connectivity index (χ0v) is 33.6. The van der Waals surface area contributed by atoms with E-state index in [1.54, 1.807) is 0 Å². The third-order valence-corrected chi connectivity index (χ3v) is 13.9. The first-order chi connectivity index (χ1) is 30.3. The van der Waals surface area contributed by atoms with Gasteiger partial charge in [0.05, 0.1) is 16.4 Å². The van der Waals surface area contributed by atoms with Crippen molar-refractivity contribution in [3.63, 3.8) is 0 Å². The van der Waals surface area contributed by atoms with Gasteiger partial charge in [0.1, 0.15) is 0 Å². The van der Waals surface area contributed by atoms with Crippen LogP contribution in [0.4, 0.5) is 0 Å². The molecule has 4 nitrogen and oxygen atoms in total. The minimum absolute atomic E-state index is 0.578. The quantitative estimate of drug-likeness (QED) is 0.174. The van der Waals surface area contributed by atoms with E-state index in [9.17, 15) is 0 Å². The second-order valence-corrected chi connectivity index (χ2v) is 17.0. The van der Waals surface area contributed by atoms with Gasteiger partial charge in [-0.15, -0.1) is 11.3 Å². The number of aromatic nitrogens is 4. The Morgan fingerprint density at radius 3 is 1.87 bits per heavy atom. The highest BCUT2D eigenvalue weighted by molar-refractivity contribution is 7.25. The normalized spacial score (nSPS) is 13.0. The van der Waals surface area contributed by atoms with E-state index >= 15 is 0 Å². The summed E-state index contributed by atoms with van der Waals surface area (Å²) >= 11 is 1.84. The molecule has 0 fully saturated rings. The highest BCUT2D eigenvalue weighted by Gasteiger charge is 2.47. The molecule has 0 amide bonds. The summed E-state index contributed by atoms with van der Waals surface area (Å²) in [6, 6.07) is 74.4. The number of fused-ring (bicyclic) bond motifs is 11. The van der Waals surface area contributed by atoms with Crippen molar-refractivity contribution < 1.29 is 0 Å². The molecule has 5 heteroatoms. The second kappa shape index (κ2) is 13.1. The maximum Gasteiger partial charge on any atom is 0.238 e. The van der Waals surface area contributed by atoms with E-state index in [0.717, 1.165) is 38.3 Å². The zero-order valence-electron chi connectivity index (χ0n) is 32.8. The van der Waals surface area contributed by atoms with Gasteiger partial charge < -0.3 is 0 Å². The number of nitrogens with zero attached hydrogens (tertiary/aromatic N) is 4. The summed E-state index contributed by atoms with van der Waals surface area (Å²) in [5.74, 6) is 1.84. The monoisotopic (exact) mass is 794 g/mol. The molecule has 0 saturated heterocycles. The minimum atomic E-state index is -0.581. The topological polar surface area (TPSA) is 43.6 Å². The van der Waals surface area contributed by atoms with Crippen LogP contribution in [0.25, 0.3) is 92.6 Å². The molecule has 0 radical (unpaired) electrons. The van der Waals surface area contributed by atoms with Gasteiger partial charge in [0.25, 0.3) is 0 Å². The van der Waals surface area contributed by atoms with Crippen molar-refractivity contribution in [2.24, 2.45) is 0 Å². The summed E-state index contributed by atoms with van der Waals surface area (Å²) in [4.78, 5) is 16.1. The van der Waals surface area contributed by atoms with Gasteiger partial charge in [-0.05, 0) is 74.5 Å². The van der Waals surface area contributed by atoms with Crippen molar-refractivity contribution >= 4 is 64.1 Å². The van der Waals surface area contributed by atoms with Gasteiger partial charge >= 0.3 is 0 Å². The minimum Gasteiger partial charge on any atom is -0.278 e. The molecular formula is C56H34N4S. The van der Waals surface area contributed by atoms with Crippen LogP contribution in [0.15, 0.2) is 206 Å². The molecule has 0 spiro atoms. The number of rotatable bonds is 5. The Balaban J connectivity index is 1.14. The van der Waals surface area contributed by atoms with E-state index in [1.807, 2.05) is 29.5 Å². The largest absolute Gasteiger partial charge is 0.278 e. The molecule has 0 unspecified atom stereocenters. The van der Waals surface area contributed by atoms with E-state index in [0.29, 0.717) is 17.6 Å². The molecule has 3 aromatic heterocycles. The van der Waals surface area contributed by atoms with Crippen LogP contribution in [0.5, 0.6) is 0 Å². The van der Waals surface area contributed by atoms with Crippen LogP contribution in [0.2, 0.25) is 0 Å². The van der Waals surface area contributed by atoms with Crippen LogP contribution in [-0.2, 0) is 5.41 Å². The van der Waals surface area contributed by atoms with Gasteiger partial charge in [-0.3, -0.25) is 4.57 Å². The average Bonchev–Trinajstić information content (AvgIpc) is 3.97. The smallest absolute Gasteiger partial charge is 0.238 e. The lowest BCUT2D eigenvalue weighted by molar-refractivity contribution is 0.776. The van der Waals surface area contributed by atoms with Crippen LogP contribution in [-0.4, -0.2) is 19.5 Å². The molecule has 61 heavy (non-hydrogen) atoms. The fourth-order valence-corrected chi connectivity index (χ4v) is 11.3. The van der Waals surface area contributed by atoms with Crippen molar-refractivity contribution in [3.8, 4) is 39.9 Å². The Morgan fingerprint density at radius 1 is 0.410 bits per heavy atom.